The fraction of sp³-hybridized carbons (Fsp3) is 0.500. The van der Waals surface area contributed by atoms with Gasteiger partial charge in [-0.05, 0) is 24.6 Å². The van der Waals surface area contributed by atoms with Crippen molar-refractivity contribution in [2.45, 2.75) is 26.1 Å². The summed E-state index contributed by atoms with van der Waals surface area (Å²) in [5, 5.41) is 4.32. The second-order valence-electron chi connectivity index (χ2n) is 5.17. The Bertz CT molecular complexity index is 520. The molecule has 0 amide bonds. The summed E-state index contributed by atoms with van der Waals surface area (Å²) in [6.45, 7) is 6.52. The number of hydrogen-bond acceptors (Lipinski definition) is 4. The smallest absolute Gasteiger partial charge is 0.0931 e. The highest BCUT2D eigenvalue weighted by molar-refractivity contribution is 7.16. The van der Waals surface area contributed by atoms with Crippen LogP contribution in [-0.2, 0) is 17.8 Å². The van der Waals surface area contributed by atoms with Crippen molar-refractivity contribution >= 4 is 22.9 Å². The lowest BCUT2D eigenvalue weighted by molar-refractivity contribution is -0.0399. The van der Waals surface area contributed by atoms with Crippen LogP contribution in [0.1, 0.15) is 10.4 Å². The van der Waals surface area contributed by atoms with E-state index in [9.17, 15) is 0 Å². The van der Waals surface area contributed by atoms with E-state index >= 15 is 0 Å². The van der Waals surface area contributed by atoms with E-state index in [2.05, 4.69) is 29.2 Å². The van der Waals surface area contributed by atoms with Crippen LogP contribution in [0.2, 0.25) is 4.34 Å². The maximum absolute atomic E-state index is 5.98. The van der Waals surface area contributed by atoms with Gasteiger partial charge in [0.15, 0.2) is 0 Å². The largest absolute Gasteiger partial charge is 0.374 e. The van der Waals surface area contributed by atoms with Gasteiger partial charge in [-0.1, -0.05) is 11.6 Å². The predicted molar refractivity (Wildman–Crippen MR) is 81.3 cm³/mol. The number of morpholine rings is 1. The molecule has 2 aromatic heterocycles. The molecule has 3 rings (SSSR count). The summed E-state index contributed by atoms with van der Waals surface area (Å²) in [7, 11) is 0. The third-order valence-electron chi connectivity index (χ3n) is 3.38. The Morgan fingerprint density at radius 1 is 1.50 bits per heavy atom. The first-order valence-corrected chi connectivity index (χ1v) is 7.96. The number of aromatic nitrogens is 2. The molecule has 20 heavy (non-hydrogen) atoms. The van der Waals surface area contributed by atoms with Crippen molar-refractivity contribution in [1.29, 1.82) is 0 Å². The van der Waals surface area contributed by atoms with Crippen LogP contribution < -0.4 is 0 Å². The molecule has 1 saturated heterocycles. The highest BCUT2D eigenvalue weighted by Gasteiger charge is 2.21. The molecule has 1 aliphatic heterocycles. The molecular weight excluding hydrogens is 294 g/mol. The Balaban J connectivity index is 1.56. The van der Waals surface area contributed by atoms with Gasteiger partial charge in [0.1, 0.15) is 0 Å². The Morgan fingerprint density at radius 2 is 2.40 bits per heavy atom. The van der Waals surface area contributed by atoms with Crippen molar-refractivity contribution in [3.05, 3.63) is 39.3 Å². The van der Waals surface area contributed by atoms with E-state index in [1.165, 1.54) is 10.4 Å². The van der Waals surface area contributed by atoms with Crippen LogP contribution >= 0.6 is 22.9 Å². The van der Waals surface area contributed by atoms with Gasteiger partial charge in [-0.2, -0.15) is 5.10 Å². The third kappa shape index (κ3) is 3.61. The number of thiophene rings is 1. The summed E-state index contributed by atoms with van der Waals surface area (Å²) in [5.74, 6) is 0. The minimum absolute atomic E-state index is 0.207. The average Bonchev–Trinajstić information content (AvgIpc) is 2.99. The van der Waals surface area contributed by atoms with E-state index in [0.717, 1.165) is 37.1 Å². The molecule has 1 aliphatic rings. The van der Waals surface area contributed by atoms with Gasteiger partial charge in [-0.3, -0.25) is 9.58 Å². The van der Waals surface area contributed by atoms with Crippen molar-refractivity contribution in [2.24, 2.45) is 0 Å². The van der Waals surface area contributed by atoms with Crippen LogP contribution in [0.5, 0.6) is 0 Å². The molecule has 0 radical (unpaired) electrons. The van der Waals surface area contributed by atoms with Gasteiger partial charge in [-0.15, -0.1) is 11.3 Å². The fourth-order valence-corrected chi connectivity index (χ4v) is 3.60. The second-order valence-corrected chi connectivity index (χ2v) is 6.97. The Hall–Kier alpha value is -0.880. The topological polar surface area (TPSA) is 30.3 Å². The van der Waals surface area contributed by atoms with Crippen molar-refractivity contribution < 1.29 is 4.74 Å². The van der Waals surface area contributed by atoms with E-state index < -0.39 is 0 Å². The summed E-state index contributed by atoms with van der Waals surface area (Å²) in [6, 6.07) is 4.07. The number of nitrogens with zero attached hydrogens (tertiary/aromatic N) is 3. The fourth-order valence-electron chi connectivity index (χ4n) is 2.47. The van der Waals surface area contributed by atoms with Gasteiger partial charge >= 0.3 is 0 Å². The molecular formula is C14H18ClN3OS. The normalized spacial score (nSPS) is 20.4. The predicted octanol–water partition coefficient (Wildman–Crippen LogP) is 2.81. The molecule has 0 bridgehead atoms. The lowest BCUT2D eigenvalue weighted by atomic mass is 10.2. The Morgan fingerprint density at radius 3 is 3.10 bits per heavy atom. The number of aryl methyl sites for hydroxylation is 1. The number of halogens is 1. The average molecular weight is 312 g/mol. The molecule has 0 saturated carbocycles. The van der Waals surface area contributed by atoms with Gasteiger partial charge in [0.25, 0.3) is 0 Å². The summed E-state index contributed by atoms with van der Waals surface area (Å²) < 4.78 is 8.66. The van der Waals surface area contributed by atoms with E-state index in [-0.39, 0.29) is 6.10 Å². The summed E-state index contributed by atoms with van der Waals surface area (Å²) in [6.07, 6.45) is 4.15. The summed E-state index contributed by atoms with van der Waals surface area (Å²) in [5.41, 5.74) is 1.19. The second kappa shape index (κ2) is 6.26. The molecule has 1 fully saturated rings. The molecule has 4 nitrogen and oxygen atoms in total. The van der Waals surface area contributed by atoms with Crippen LogP contribution in [0.4, 0.5) is 0 Å². The molecule has 2 aromatic rings. The van der Waals surface area contributed by atoms with Crippen molar-refractivity contribution in [3.63, 3.8) is 0 Å². The van der Waals surface area contributed by atoms with Crippen LogP contribution in [0.15, 0.2) is 24.5 Å². The molecule has 3 heterocycles. The van der Waals surface area contributed by atoms with Gasteiger partial charge in [0, 0.05) is 30.7 Å². The SMILES string of the molecule is Cc1cnn(C[C@@H]2CN(Cc3ccc(Cl)s3)CCO2)c1. The highest BCUT2D eigenvalue weighted by atomic mass is 35.5. The standard InChI is InChI=1S/C14H18ClN3OS/c1-11-6-16-18(7-11)9-12-8-17(4-5-19-12)10-13-2-3-14(15)20-13/h2-3,6-7,12H,4-5,8-10H2,1H3/t12-/m0/s1. The van der Waals surface area contributed by atoms with Crippen LogP contribution in [-0.4, -0.2) is 40.5 Å². The molecule has 0 spiro atoms. The van der Waals surface area contributed by atoms with Crippen LogP contribution in [0.25, 0.3) is 0 Å². The monoisotopic (exact) mass is 311 g/mol. The van der Waals surface area contributed by atoms with Crippen LogP contribution in [0.3, 0.4) is 0 Å². The number of ether oxygens (including phenoxy) is 1. The molecule has 0 unspecified atom stereocenters. The zero-order chi connectivity index (χ0) is 13.9. The van der Waals surface area contributed by atoms with Crippen molar-refractivity contribution in [2.75, 3.05) is 19.7 Å². The van der Waals surface area contributed by atoms with Crippen LogP contribution in [0, 0.1) is 6.92 Å². The molecule has 0 aliphatic carbocycles. The molecule has 0 aromatic carbocycles. The molecule has 0 N–H and O–H groups in total. The Kier molecular flexibility index (Phi) is 4.41. The van der Waals surface area contributed by atoms with Crippen molar-refractivity contribution in [3.8, 4) is 0 Å². The van der Waals surface area contributed by atoms with Gasteiger partial charge in [-0.25, -0.2) is 0 Å². The highest BCUT2D eigenvalue weighted by Crippen LogP contribution is 2.23. The number of rotatable bonds is 4. The summed E-state index contributed by atoms with van der Waals surface area (Å²) in [4.78, 5) is 3.73. The first-order valence-electron chi connectivity index (χ1n) is 6.76. The van der Waals surface area contributed by atoms with E-state index in [4.69, 9.17) is 16.3 Å². The zero-order valence-electron chi connectivity index (χ0n) is 11.5. The van der Waals surface area contributed by atoms with E-state index in [1.807, 2.05) is 16.9 Å². The third-order valence-corrected chi connectivity index (χ3v) is 4.60. The lowest BCUT2D eigenvalue weighted by Gasteiger charge is -2.32. The summed E-state index contributed by atoms with van der Waals surface area (Å²) >= 11 is 7.64. The zero-order valence-corrected chi connectivity index (χ0v) is 13.0. The first-order chi connectivity index (χ1) is 9.69. The molecule has 1 atom stereocenters. The quantitative estimate of drug-likeness (QED) is 0.870. The molecule has 6 heteroatoms. The maximum Gasteiger partial charge on any atom is 0.0931 e. The Labute approximate surface area is 127 Å². The minimum atomic E-state index is 0.207. The van der Waals surface area contributed by atoms with Gasteiger partial charge < -0.3 is 4.74 Å². The minimum Gasteiger partial charge on any atom is -0.374 e. The first kappa shape index (κ1) is 14.1. The van der Waals surface area contributed by atoms with Gasteiger partial charge in [0.05, 0.1) is 29.8 Å². The number of hydrogen-bond donors (Lipinski definition) is 0. The van der Waals surface area contributed by atoms with E-state index in [1.54, 1.807) is 11.3 Å². The van der Waals surface area contributed by atoms with Crippen molar-refractivity contribution in [1.82, 2.24) is 14.7 Å². The van der Waals surface area contributed by atoms with Gasteiger partial charge in [0.2, 0.25) is 0 Å². The molecule has 108 valence electrons. The maximum atomic E-state index is 5.98. The lowest BCUT2D eigenvalue weighted by Crippen LogP contribution is -2.43. The van der Waals surface area contributed by atoms with E-state index in [0.29, 0.717) is 0 Å².